The molecule has 25 heavy (non-hydrogen) atoms. The van der Waals surface area contributed by atoms with Crippen LogP contribution in [0.2, 0.25) is 0 Å². The molecular formula is C21H26N2O2. The van der Waals surface area contributed by atoms with E-state index in [4.69, 9.17) is 4.74 Å². The van der Waals surface area contributed by atoms with Crippen molar-refractivity contribution in [1.29, 1.82) is 0 Å². The van der Waals surface area contributed by atoms with Crippen LogP contribution in [0.4, 0.5) is 0 Å². The highest BCUT2D eigenvalue weighted by Gasteiger charge is 2.15. The largest absolute Gasteiger partial charge is 0.496 e. The molecule has 1 heterocycles. The highest BCUT2D eigenvalue weighted by molar-refractivity contribution is 5.94. The summed E-state index contributed by atoms with van der Waals surface area (Å²) in [6, 6.07) is 14.2. The van der Waals surface area contributed by atoms with Gasteiger partial charge in [0.2, 0.25) is 0 Å². The fourth-order valence-electron chi connectivity index (χ4n) is 3.31. The quantitative estimate of drug-likeness (QED) is 0.823. The Kier molecular flexibility index (Phi) is 5.71. The molecule has 2 aromatic rings. The number of ether oxygens (including phenoxy) is 1. The maximum atomic E-state index is 12.3. The minimum atomic E-state index is -0.0395. The van der Waals surface area contributed by atoms with Crippen LogP contribution in [-0.2, 0) is 13.0 Å². The average Bonchev–Trinajstić information content (AvgIpc) is 2.65. The highest BCUT2D eigenvalue weighted by atomic mass is 16.5. The van der Waals surface area contributed by atoms with Crippen molar-refractivity contribution in [3.63, 3.8) is 0 Å². The SMILES string of the molecule is COc1cc(C(=O)NCCCN2CCc3ccccc3C2)ccc1C. The standard InChI is InChI=1S/C21H26N2O2/c1-16-8-9-18(14-20(16)25-2)21(24)22-11-5-12-23-13-10-17-6-3-4-7-19(17)15-23/h3-4,6-9,14H,5,10-13,15H2,1-2H3,(H,22,24). The van der Waals surface area contributed by atoms with Gasteiger partial charge in [0, 0.05) is 31.7 Å². The third-order valence-electron chi connectivity index (χ3n) is 4.82. The van der Waals surface area contributed by atoms with Crippen LogP contribution in [-0.4, -0.2) is 37.6 Å². The van der Waals surface area contributed by atoms with E-state index in [2.05, 4.69) is 34.5 Å². The van der Waals surface area contributed by atoms with E-state index in [9.17, 15) is 4.79 Å². The third kappa shape index (κ3) is 4.40. The molecule has 0 saturated heterocycles. The summed E-state index contributed by atoms with van der Waals surface area (Å²) in [7, 11) is 1.63. The molecule has 0 fully saturated rings. The van der Waals surface area contributed by atoms with E-state index in [1.807, 2.05) is 19.1 Å². The second-order valence-corrected chi connectivity index (χ2v) is 6.59. The maximum absolute atomic E-state index is 12.3. The van der Waals surface area contributed by atoms with Crippen molar-refractivity contribution in [2.75, 3.05) is 26.7 Å². The fourth-order valence-corrected chi connectivity index (χ4v) is 3.31. The molecule has 2 aromatic carbocycles. The number of methoxy groups -OCH3 is 1. The maximum Gasteiger partial charge on any atom is 0.251 e. The van der Waals surface area contributed by atoms with Crippen LogP contribution in [0, 0.1) is 6.92 Å². The molecule has 0 aromatic heterocycles. The Balaban J connectivity index is 1.44. The van der Waals surface area contributed by atoms with Crippen molar-refractivity contribution in [2.45, 2.75) is 26.3 Å². The summed E-state index contributed by atoms with van der Waals surface area (Å²) in [4.78, 5) is 14.7. The molecule has 3 rings (SSSR count). The number of rotatable bonds is 6. The van der Waals surface area contributed by atoms with E-state index in [-0.39, 0.29) is 5.91 Å². The van der Waals surface area contributed by atoms with Gasteiger partial charge >= 0.3 is 0 Å². The highest BCUT2D eigenvalue weighted by Crippen LogP contribution is 2.19. The Morgan fingerprint density at radius 2 is 2.00 bits per heavy atom. The Bertz CT molecular complexity index is 742. The summed E-state index contributed by atoms with van der Waals surface area (Å²) in [5, 5.41) is 3.01. The molecule has 0 bridgehead atoms. The first-order chi connectivity index (χ1) is 12.2. The van der Waals surface area contributed by atoms with E-state index < -0.39 is 0 Å². The topological polar surface area (TPSA) is 41.6 Å². The summed E-state index contributed by atoms with van der Waals surface area (Å²) >= 11 is 0. The number of nitrogens with one attached hydrogen (secondary N) is 1. The predicted octanol–water partition coefficient (Wildman–Crippen LogP) is 3.18. The Morgan fingerprint density at radius 3 is 2.80 bits per heavy atom. The molecule has 0 unspecified atom stereocenters. The monoisotopic (exact) mass is 338 g/mol. The second kappa shape index (κ2) is 8.17. The summed E-state index contributed by atoms with van der Waals surface area (Å²) in [6.45, 7) is 5.77. The fraction of sp³-hybridized carbons (Fsp3) is 0.381. The van der Waals surface area contributed by atoms with Gasteiger partial charge in [-0.3, -0.25) is 9.69 Å². The van der Waals surface area contributed by atoms with Gasteiger partial charge in [0.15, 0.2) is 0 Å². The lowest BCUT2D eigenvalue weighted by Crippen LogP contribution is -2.33. The molecule has 0 spiro atoms. The summed E-state index contributed by atoms with van der Waals surface area (Å²) in [5.41, 5.74) is 4.59. The van der Waals surface area contributed by atoms with Crippen LogP contribution in [0.25, 0.3) is 0 Å². The van der Waals surface area contributed by atoms with Crippen molar-refractivity contribution < 1.29 is 9.53 Å². The number of hydrogen-bond donors (Lipinski definition) is 1. The van der Waals surface area contributed by atoms with Gasteiger partial charge in [-0.2, -0.15) is 0 Å². The minimum absolute atomic E-state index is 0.0395. The number of nitrogens with zero attached hydrogens (tertiary/aromatic N) is 1. The van der Waals surface area contributed by atoms with Crippen molar-refractivity contribution in [1.82, 2.24) is 10.2 Å². The Hall–Kier alpha value is -2.33. The first-order valence-electron chi connectivity index (χ1n) is 8.89. The number of hydrogen-bond acceptors (Lipinski definition) is 3. The van der Waals surface area contributed by atoms with Crippen molar-refractivity contribution >= 4 is 5.91 Å². The van der Waals surface area contributed by atoms with Crippen molar-refractivity contribution in [2.24, 2.45) is 0 Å². The van der Waals surface area contributed by atoms with Gasteiger partial charge in [0.25, 0.3) is 5.91 Å². The van der Waals surface area contributed by atoms with E-state index in [1.54, 1.807) is 13.2 Å². The molecule has 0 atom stereocenters. The number of carbonyl (C=O) groups excluding carboxylic acids is 1. The lowest BCUT2D eigenvalue weighted by molar-refractivity contribution is 0.0951. The molecule has 132 valence electrons. The average molecular weight is 338 g/mol. The molecular weight excluding hydrogens is 312 g/mol. The predicted molar refractivity (Wildman–Crippen MR) is 100 cm³/mol. The molecule has 0 saturated carbocycles. The molecule has 0 aliphatic carbocycles. The number of carbonyl (C=O) groups is 1. The molecule has 1 aliphatic heterocycles. The molecule has 0 radical (unpaired) electrons. The number of benzene rings is 2. The van der Waals surface area contributed by atoms with E-state index in [1.165, 1.54) is 11.1 Å². The van der Waals surface area contributed by atoms with Gasteiger partial charge in [0.1, 0.15) is 5.75 Å². The molecule has 1 amide bonds. The molecule has 4 nitrogen and oxygen atoms in total. The Morgan fingerprint density at radius 1 is 1.20 bits per heavy atom. The first-order valence-corrected chi connectivity index (χ1v) is 8.89. The van der Waals surface area contributed by atoms with Gasteiger partial charge in [-0.05, 0) is 48.6 Å². The number of fused-ring (bicyclic) bond motifs is 1. The molecule has 1 aliphatic rings. The smallest absolute Gasteiger partial charge is 0.251 e. The van der Waals surface area contributed by atoms with Crippen LogP contribution in [0.5, 0.6) is 5.75 Å². The zero-order valence-corrected chi connectivity index (χ0v) is 15.0. The summed E-state index contributed by atoms with van der Waals surface area (Å²) in [5.74, 6) is 0.710. The second-order valence-electron chi connectivity index (χ2n) is 6.59. The Labute approximate surface area is 149 Å². The first kappa shape index (κ1) is 17.5. The van der Waals surface area contributed by atoms with Crippen LogP contribution in [0.3, 0.4) is 0 Å². The van der Waals surface area contributed by atoms with E-state index >= 15 is 0 Å². The van der Waals surface area contributed by atoms with Crippen molar-refractivity contribution in [3.05, 3.63) is 64.7 Å². The zero-order chi connectivity index (χ0) is 17.6. The van der Waals surface area contributed by atoms with Crippen LogP contribution >= 0.6 is 0 Å². The third-order valence-corrected chi connectivity index (χ3v) is 4.82. The van der Waals surface area contributed by atoms with Gasteiger partial charge in [-0.25, -0.2) is 0 Å². The summed E-state index contributed by atoms with van der Waals surface area (Å²) in [6.07, 6.45) is 2.07. The van der Waals surface area contributed by atoms with Gasteiger partial charge in [-0.1, -0.05) is 30.3 Å². The normalized spacial score (nSPS) is 14.0. The van der Waals surface area contributed by atoms with Crippen molar-refractivity contribution in [3.8, 4) is 5.75 Å². The lowest BCUT2D eigenvalue weighted by atomic mass is 10.00. The molecule has 4 heteroatoms. The van der Waals surface area contributed by atoms with E-state index in [0.717, 1.165) is 43.8 Å². The molecule has 1 N–H and O–H groups in total. The number of aryl methyl sites for hydroxylation is 1. The number of amides is 1. The van der Waals surface area contributed by atoms with Crippen LogP contribution in [0.1, 0.15) is 33.5 Å². The zero-order valence-electron chi connectivity index (χ0n) is 15.0. The minimum Gasteiger partial charge on any atom is -0.496 e. The van der Waals surface area contributed by atoms with Crippen LogP contribution < -0.4 is 10.1 Å². The van der Waals surface area contributed by atoms with E-state index in [0.29, 0.717) is 12.1 Å². The lowest BCUT2D eigenvalue weighted by Gasteiger charge is -2.28. The van der Waals surface area contributed by atoms with Gasteiger partial charge < -0.3 is 10.1 Å². The van der Waals surface area contributed by atoms with Gasteiger partial charge in [-0.15, -0.1) is 0 Å². The van der Waals surface area contributed by atoms with Crippen LogP contribution in [0.15, 0.2) is 42.5 Å². The summed E-state index contributed by atoms with van der Waals surface area (Å²) < 4.78 is 5.28. The van der Waals surface area contributed by atoms with Gasteiger partial charge in [0.05, 0.1) is 7.11 Å².